The van der Waals surface area contributed by atoms with Crippen molar-refractivity contribution in [3.8, 4) is 16.3 Å². The van der Waals surface area contributed by atoms with Crippen molar-refractivity contribution < 1.29 is 13.9 Å². The van der Waals surface area contributed by atoms with Crippen molar-refractivity contribution in [2.45, 2.75) is 6.92 Å². The van der Waals surface area contributed by atoms with Crippen molar-refractivity contribution in [3.63, 3.8) is 0 Å². The fourth-order valence-corrected chi connectivity index (χ4v) is 3.31. The summed E-state index contributed by atoms with van der Waals surface area (Å²) in [6, 6.07) is 15.5. The number of fused-ring (bicyclic) bond motifs is 1. The molecule has 0 fully saturated rings. The highest BCUT2D eigenvalue weighted by atomic mass is 32.1. The van der Waals surface area contributed by atoms with Crippen LogP contribution < -0.4 is 15.7 Å². The van der Waals surface area contributed by atoms with Crippen LogP contribution in [0.4, 0.5) is 5.69 Å². The smallest absolute Gasteiger partial charge is 0.336 e. The average Bonchev–Trinajstić information content (AvgIpc) is 3.12. The molecule has 0 spiro atoms. The molecule has 0 saturated carbocycles. The summed E-state index contributed by atoms with van der Waals surface area (Å²) in [4.78, 5) is 23.5. The lowest BCUT2D eigenvalue weighted by Crippen LogP contribution is -2.20. The lowest BCUT2D eigenvalue weighted by atomic mass is 10.2. The molecule has 1 amide bonds. The van der Waals surface area contributed by atoms with Gasteiger partial charge < -0.3 is 14.5 Å². The van der Waals surface area contributed by atoms with Crippen LogP contribution in [0.1, 0.15) is 5.01 Å². The van der Waals surface area contributed by atoms with Crippen molar-refractivity contribution in [2.75, 3.05) is 11.9 Å². The predicted octanol–water partition coefficient (Wildman–Crippen LogP) is 3.64. The minimum atomic E-state index is -0.437. The second-order valence-electron chi connectivity index (χ2n) is 6.00. The second-order valence-corrected chi connectivity index (χ2v) is 7.18. The molecular weight excluding hydrogens is 378 g/mol. The summed E-state index contributed by atoms with van der Waals surface area (Å²) in [5, 5.41) is 13.4. The number of hydrogen-bond donors (Lipinski definition) is 1. The number of rotatable bonds is 5. The first-order valence-electron chi connectivity index (χ1n) is 8.44. The number of nitrogens with one attached hydrogen (secondary N) is 1. The summed E-state index contributed by atoms with van der Waals surface area (Å²) < 4.78 is 10.6. The first-order valence-corrected chi connectivity index (χ1v) is 9.25. The molecule has 28 heavy (non-hydrogen) atoms. The minimum absolute atomic E-state index is 0.176. The van der Waals surface area contributed by atoms with Gasteiger partial charge in [-0.15, -0.1) is 10.2 Å². The Hall–Kier alpha value is -3.52. The van der Waals surface area contributed by atoms with Gasteiger partial charge in [0.1, 0.15) is 21.3 Å². The van der Waals surface area contributed by atoms with E-state index in [1.165, 1.54) is 17.4 Å². The van der Waals surface area contributed by atoms with Crippen molar-refractivity contribution in [1.82, 2.24) is 10.2 Å². The summed E-state index contributed by atoms with van der Waals surface area (Å²) in [6.07, 6.45) is 0. The lowest BCUT2D eigenvalue weighted by Gasteiger charge is -2.08. The van der Waals surface area contributed by atoms with E-state index in [0.29, 0.717) is 17.0 Å². The van der Waals surface area contributed by atoms with Crippen molar-refractivity contribution in [3.05, 3.63) is 70.0 Å². The standard InChI is InChI=1S/C20H15N3O4S/c1-12-22-23-20(28-12)14-3-2-4-15(9-14)21-18(24)11-26-16-7-5-13-6-8-19(25)27-17(13)10-16/h2-10H,11H2,1H3,(H,21,24). The van der Waals surface area contributed by atoms with Gasteiger partial charge in [-0.2, -0.15) is 0 Å². The molecule has 4 rings (SSSR count). The summed E-state index contributed by atoms with van der Waals surface area (Å²) >= 11 is 1.49. The maximum absolute atomic E-state index is 12.2. The van der Waals surface area contributed by atoms with Gasteiger partial charge >= 0.3 is 5.63 Å². The molecule has 2 aromatic carbocycles. The maximum atomic E-state index is 12.2. The number of carbonyl (C=O) groups is 1. The Balaban J connectivity index is 1.41. The number of ether oxygens (including phenoxy) is 1. The van der Waals surface area contributed by atoms with E-state index in [9.17, 15) is 9.59 Å². The Morgan fingerprint density at radius 2 is 2.00 bits per heavy atom. The van der Waals surface area contributed by atoms with Gasteiger partial charge in [0.2, 0.25) is 0 Å². The van der Waals surface area contributed by atoms with Gasteiger partial charge in [-0.3, -0.25) is 4.79 Å². The topological polar surface area (TPSA) is 94.3 Å². The number of carbonyl (C=O) groups excluding carboxylic acids is 1. The van der Waals surface area contributed by atoms with E-state index in [4.69, 9.17) is 9.15 Å². The zero-order chi connectivity index (χ0) is 19.5. The van der Waals surface area contributed by atoms with Crippen LogP contribution >= 0.6 is 11.3 Å². The lowest BCUT2D eigenvalue weighted by molar-refractivity contribution is -0.118. The van der Waals surface area contributed by atoms with Crippen LogP contribution in [0.25, 0.3) is 21.5 Å². The quantitative estimate of drug-likeness (QED) is 0.520. The highest BCUT2D eigenvalue weighted by Crippen LogP contribution is 2.25. The summed E-state index contributed by atoms with van der Waals surface area (Å²) in [5.41, 5.74) is 1.50. The molecule has 4 aromatic rings. The first kappa shape index (κ1) is 17.9. The number of nitrogens with zero attached hydrogens (tertiary/aromatic N) is 2. The molecule has 0 aliphatic heterocycles. The van der Waals surface area contributed by atoms with E-state index >= 15 is 0 Å². The fraction of sp³-hybridized carbons (Fsp3) is 0.100. The highest BCUT2D eigenvalue weighted by molar-refractivity contribution is 7.14. The molecule has 0 bridgehead atoms. The second kappa shape index (κ2) is 7.61. The van der Waals surface area contributed by atoms with Crippen LogP contribution in [0.5, 0.6) is 5.75 Å². The van der Waals surface area contributed by atoms with Gasteiger partial charge in [-0.1, -0.05) is 23.5 Å². The van der Waals surface area contributed by atoms with Gasteiger partial charge in [0.05, 0.1) is 0 Å². The molecule has 0 aliphatic rings. The fourth-order valence-electron chi connectivity index (χ4n) is 2.62. The Morgan fingerprint density at radius 1 is 1.14 bits per heavy atom. The van der Waals surface area contributed by atoms with Gasteiger partial charge in [-0.05, 0) is 37.3 Å². The maximum Gasteiger partial charge on any atom is 0.336 e. The molecule has 140 valence electrons. The third-order valence-corrected chi connectivity index (χ3v) is 4.77. The number of amides is 1. The van der Waals surface area contributed by atoms with E-state index in [2.05, 4.69) is 15.5 Å². The van der Waals surface area contributed by atoms with Crippen LogP contribution in [0.15, 0.2) is 63.8 Å². The Morgan fingerprint density at radius 3 is 2.82 bits per heavy atom. The van der Waals surface area contributed by atoms with E-state index in [-0.39, 0.29) is 12.5 Å². The third-order valence-electron chi connectivity index (χ3n) is 3.88. The van der Waals surface area contributed by atoms with Crippen LogP contribution in [0, 0.1) is 6.92 Å². The van der Waals surface area contributed by atoms with Crippen molar-refractivity contribution in [2.24, 2.45) is 0 Å². The number of benzene rings is 2. The van der Waals surface area contributed by atoms with Gasteiger partial charge in [0, 0.05) is 28.8 Å². The molecule has 0 saturated heterocycles. The van der Waals surface area contributed by atoms with Gasteiger partial charge in [0.15, 0.2) is 6.61 Å². The number of aryl methyl sites for hydroxylation is 1. The molecule has 0 atom stereocenters. The molecule has 0 radical (unpaired) electrons. The minimum Gasteiger partial charge on any atom is -0.484 e. The number of hydrogen-bond acceptors (Lipinski definition) is 7. The van der Waals surface area contributed by atoms with Crippen molar-refractivity contribution in [1.29, 1.82) is 0 Å². The molecule has 2 aromatic heterocycles. The first-order chi connectivity index (χ1) is 13.6. The molecule has 7 nitrogen and oxygen atoms in total. The number of anilines is 1. The Labute approximate surface area is 163 Å². The van der Waals surface area contributed by atoms with Crippen LogP contribution in [-0.4, -0.2) is 22.7 Å². The van der Waals surface area contributed by atoms with Gasteiger partial charge in [0.25, 0.3) is 5.91 Å². The molecule has 8 heteroatoms. The van der Waals surface area contributed by atoms with Crippen LogP contribution in [-0.2, 0) is 4.79 Å². The Kier molecular flexibility index (Phi) is 4.86. The average molecular weight is 393 g/mol. The van der Waals surface area contributed by atoms with E-state index in [0.717, 1.165) is 21.0 Å². The van der Waals surface area contributed by atoms with E-state index in [1.807, 2.05) is 25.1 Å². The molecule has 1 N–H and O–H groups in total. The zero-order valence-electron chi connectivity index (χ0n) is 14.8. The monoisotopic (exact) mass is 393 g/mol. The zero-order valence-corrected chi connectivity index (χ0v) is 15.7. The van der Waals surface area contributed by atoms with E-state index in [1.54, 1.807) is 30.3 Å². The molecule has 0 unspecified atom stereocenters. The van der Waals surface area contributed by atoms with Crippen LogP contribution in [0.2, 0.25) is 0 Å². The highest BCUT2D eigenvalue weighted by Gasteiger charge is 2.08. The summed E-state index contributed by atoms with van der Waals surface area (Å²) in [6.45, 7) is 1.72. The molecule has 2 heterocycles. The SMILES string of the molecule is Cc1nnc(-c2cccc(NC(=O)COc3ccc4ccc(=O)oc4c3)c2)s1. The van der Waals surface area contributed by atoms with Crippen LogP contribution in [0.3, 0.4) is 0 Å². The van der Waals surface area contributed by atoms with E-state index < -0.39 is 5.63 Å². The normalized spacial score (nSPS) is 10.8. The third kappa shape index (κ3) is 4.07. The largest absolute Gasteiger partial charge is 0.484 e. The predicted molar refractivity (Wildman–Crippen MR) is 107 cm³/mol. The molecule has 0 aliphatic carbocycles. The summed E-state index contributed by atoms with van der Waals surface area (Å²) in [7, 11) is 0. The van der Waals surface area contributed by atoms with Crippen molar-refractivity contribution >= 4 is 33.9 Å². The Bertz CT molecular complexity index is 1220. The van der Waals surface area contributed by atoms with Gasteiger partial charge in [-0.25, -0.2) is 4.79 Å². The molecular formula is C20H15N3O4S. The number of aromatic nitrogens is 2. The summed E-state index contributed by atoms with van der Waals surface area (Å²) in [5.74, 6) is 0.135.